The second-order valence-electron chi connectivity index (χ2n) is 6.79. The predicted molar refractivity (Wildman–Crippen MR) is 87.8 cm³/mol. The predicted octanol–water partition coefficient (Wildman–Crippen LogP) is 4.49. The molecule has 1 aromatic rings. The van der Waals surface area contributed by atoms with Crippen LogP contribution in [-0.2, 0) is 6.42 Å². The number of benzene rings is 1. The number of rotatable bonds is 5. The molecule has 1 aliphatic heterocycles. The van der Waals surface area contributed by atoms with Gasteiger partial charge in [-0.1, -0.05) is 44.9 Å². The van der Waals surface area contributed by atoms with E-state index in [-0.39, 0.29) is 0 Å². The molecule has 0 spiro atoms. The summed E-state index contributed by atoms with van der Waals surface area (Å²) in [6, 6.07) is 7.23. The first-order valence-electron chi connectivity index (χ1n) is 8.79. The van der Waals surface area contributed by atoms with Gasteiger partial charge in [0, 0.05) is 11.6 Å². The van der Waals surface area contributed by atoms with Gasteiger partial charge in [0.25, 0.3) is 0 Å². The van der Waals surface area contributed by atoms with Crippen molar-refractivity contribution in [3.63, 3.8) is 0 Å². The Morgan fingerprint density at radius 2 is 2.19 bits per heavy atom. The fraction of sp³-hybridized carbons (Fsp3) is 0.684. The van der Waals surface area contributed by atoms with Crippen LogP contribution in [0.3, 0.4) is 0 Å². The molecule has 3 rings (SSSR count). The normalized spacial score (nSPS) is 26.2. The molecule has 1 fully saturated rings. The quantitative estimate of drug-likeness (QED) is 0.861. The number of nitrogens with one attached hydrogen (secondary N) is 1. The lowest BCUT2D eigenvalue weighted by Crippen LogP contribution is -2.31. The smallest absolute Gasteiger partial charge is 0.127 e. The lowest BCUT2D eigenvalue weighted by atomic mass is 9.84. The average Bonchev–Trinajstić information content (AvgIpc) is 2.94. The van der Waals surface area contributed by atoms with Gasteiger partial charge in [-0.25, -0.2) is 0 Å². The minimum Gasteiger partial charge on any atom is -0.493 e. The standard InChI is InChI=1S/C19H29NO/c1-3-12-20-18(16-10-4-7-14(16)2)17-11-5-8-15-9-6-13-21-19(15)17/h5,8,11,14,16,18,20H,3-4,6-7,9-10,12-13H2,1-2H3. The van der Waals surface area contributed by atoms with Gasteiger partial charge in [-0.05, 0) is 49.6 Å². The molecule has 1 aliphatic carbocycles. The van der Waals surface area contributed by atoms with Crippen LogP contribution in [0.15, 0.2) is 18.2 Å². The molecule has 1 saturated carbocycles. The maximum absolute atomic E-state index is 6.07. The summed E-state index contributed by atoms with van der Waals surface area (Å²) in [5, 5.41) is 3.83. The Kier molecular flexibility index (Phi) is 4.84. The Balaban J connectivity index is 1.92. The molecule has 0 aromatic heterocycles. The Morgan fingerprint density at radius 3 is 2.95 bits per heavy atom. The van der Waals surface area contributed by atoms with E-state index < -0.39 is 0 Å². The summed E-state index contributed by atoms with van der Waals surface area (Å²) >= 11 is 0. The topological polar surface area (TPSA) is 21.3 Å². The number of hydrogen-bond acceptors (Lipinski definition) is 2. The highest BCUT2D eigenvalue weighted by Crippen LogP contribution is 2.44. The van der Waals surface area contributed by atoms with Crippen LogP contribution >= 0.6 is 0 Å². The number of fused-ring (bicyclic) bond motifs is 1. The molecule has 3 unspecified atom stereocenters. The van der Waals surface area contributed by atoms with Crippen molar-refractivity contribution in [1.29, 1.82) is 0 Å². The Labute approximate surface area is 129 Å². The lowest BCUT2D eigenvalue weighted by Gasteiger charge is -2.31. The van der Waals surface area contributed by atoms with Gasteiger partial charge < -0.3 is 10.1 Å². The molecule has 0 saturated heterocycles. The van der Waals surface area contributed by atoms with Gasteiger partial charge in [0.15, 0.2) is 0 Å². The Morgan fingerprint density at radius 1 is 1.29 bits per heavy atom. The van der Waals surface area contributed by atoms with Crippen molar-refractivity contribution in [3.05, 3.63) is 29.3 Å². The van der Waals surface area contributed by atoms with Crippen LogP contribution < -0.4 is 10.1 Å². The molecule has 2 nitrogen and oxygen atoms in total. The van der Waals surface area contributed by atoms with E-state index in [2.05, 4.69) is 37.4 Å². The lowest BCUT2D eigenvalue weighted by molar-refractivity contribution is 0.261. The highest BCUT2D eigenvalue weighted by molar-refractivity contribution is 5.45. The highest BCUT2D eigenvalue weighted by Gasteiger charge is 2.33. The molecule has 0 amide bonds. The summed E-state index contributed by atoms with van der Waals surface area (Å²) < 4.78 is 6.07. The largest absolute Gasteiger partial charge is 0.493 e. The SMILES string of the molecule is CCCNC(c1cccc2c1OCCC2)C1CCCC1C. The number of aryl methyl sites for hydroxylation is 1. The highest BCUT2D eigenvalue weighted by atomic mass is 16.5. The summed E-state index contributed by atoms with van der Waals surface area (Å²) in [7, 11) is 0. The van der Waals surface area contributed by atoms with Crippen LogP contribution in [0.4, 0.5) is 0 Å². The fourth-order valence-corrected chi connectivity index (χ4v) is 4.12. The zero-order valence-corrected chi connectivity index (χ0v) is 13.5. The van der Waals surface area contributed by atoms with Crippen molar-refractivity contribution in [3.8, 4) is 5.75 Å². The minimum absolute atomic E-state index is 0.468. The number of hydrogen-bond donors (Lipinski definition) is 1. The van der Waals surface area contributed by atoms with Gasteiger partial charge in [0.2, 0.25) is 0 Å². The van der Waals surface area contributed by atoms with Gasteiger partial charge in [0.05, 0.1) is 6.61 Å². The van der Waals surface area contributed by atoms with Gasteiger partial charge in [-0.3, -0.25) is 0 Å². The third-order valence-electron chi connectivity index (χ3n) is 5.27. The molecular formula is C19H29NO. The van der Waals surface area contributed by atoms with Crippen molar-refractivity contribution < 1.29 is 4.74 Å². The Bertz CT molecular complexity index is 471. The molecule has 0 radical (unpaired) electrons. The monoisotopic (exact) mass is 287 g/mol. The summed E-state index contributed by atoms with van der Waals surface area (Å²) in [5.74, 6) is 2.77. The van der Waals surface area contributed by atoms with Gasteiger partial charge in [-0.15, -0.1) is 0 Å². The van der Waals surface area contributed by atoms with E-state index in [1.54, 1.807) is 0 Å². The molecule has 0 bridgehead atoms. The van der Waals surface area contributed by atoms with Crippen molar-refractivity contribution in [2.45, 2.75) is 58.4 Å². The summed E-state index contributed by atoms with van der Waals surface area (Å²) in [6.07, 6.45) is 7.63. The zero-order chi connectivity index (χ0) is 14.7. The molecule has 2 aliphatic rings. The van der Waals surface area contributed by atoms with E-state index in [0.717, 1.165) is 31.4 Å². The first-order chi connectivity index (χ1) is 10.3. The molecule has 21 heavy (non-hydrogen) atoms. The van der Waals surface area contributed by atoms with Crippen LogP contribution in [0.2, 0.25) is 0 Å². The summed E-state index contributed by atoms with van der Waals surface area (Å²) in [4.78, 5) is 0. The van der Waals surface area contributed by atoms with E-state index in [1.807, 2.05) is 0 Å². The van der Waals surface area contributed by atoms with Gasteiger partial charge in [-0.2, -0.15) is 0 Å². The van der Waals surface area contributed by atoms with Gasteiger partial charge in [0.1, 0.15) is 5.75 Å². The van der Waals surface area contributed by atoms with Crippen molar-refractivity contribution in [2.75, 3.05) is 13.2 Å². The molecule has 2 heteroatoms. The molecule has 1 heterocycles. The van der Waals surface area contributed by atoms with Crippen LogP contribution in [0.25, 0.3) is 0 Å². The van der Waals surface area contributed by atoms with Crippen molar-refractivity contribution >= 4 is 0 Å². The van der Waals surface area contributed by atoms with E-state index in [9.17, 15) is 0 Å². The molecule has 116 valence electrons. The maximum Gasteiger partial charge on any atom is 0.127 e. The first kappa shape index (κ1) is 14.9. The minimum atomic E-state index is 0.468. The van der Waals surface area contributed by atoms with E-state index >= 15 is 0 Å². The molecular weight excluding hydrogens is 258 g/mol. The molecule has 1 aromatic carbocycles. The van der Waals surface area contributed by atoms with Crippen LogP contribution in [-0.4, -0.2) is 13.2 Å². The third kappa shape index (κ3) is 3.11. The first-order valence-corrected chi connectivity index (χ1v) is 8.79. The van der Waals surface area contributed by atoms with Crippen LogP contribution in [0.5, 0.6) is 5.75 Å². The summed E-state index contributed by atoms with van der Waals surface area (Å²) in [6.45, 7) is 6.65. The van der Waals surface area contributed by atoms with E-state index in [1.165, 1.54) is 49.0 Å². The molecule has 1 N–H and O–H groups in total. The Hall–Kier alpha value is -1.02. The fourth-order valence-electron chi connectivity index (χ4n) is 4.12. The maximum atomic E-state index is 6.07. The van der Waals surface area contributed by atoms with Crippen molar-refractivity contribution in [2.24, 2.45) is 11.8 Å². The van der Waals surface area contributed by atoms with Gasteiger partial charge >= 0.3 is 0 Å². The number of ether oxygens (including phenoxy) is 1. The summed E-state index contributed by atoms with van der Waals surface area (Å²) in [5.41, 5.74) is 2.83. The zero-order valence-electron chi connectivity index (χ0n) is 13.5. The van der Waals surface area contributed by atoms with E-state index in [4.69, 9.17) is 4.74 Å². The average molecular weight is 287 g/mol. The number of para-hydroxylation sites is 1. The van der Waals surface area contributed by atoms with E-state index in [0.29, 0.717) is 6.04 Å². The second kappa shape index (κ2) is 6.83. The third-order valence-corrected chi connectivity index (χ3v) is 5.27. The van der Waals surface area contributed by atoms with Crippen LogP contribution in [0.1, 0.15) is 63.1 Å². The van der Waals surface area contributed by atoms with Crippen LogP contribution in [0, 0.1) is 11.8 Å². The van der Waals surface area contributed by atoms with Crippen molar-refractivity contribution in [1.82, 2.24) is 5.32 Å². The second-order valence-corrected chi connectivity index (χ2v) is 6.79. The molecule has 3 atom stereocenters.